The first kappa shape index (κ1) is 11.5. The van der Waals surface area contributed by atoms with Crippen molar-refractivity contribution in [2.45, 2.75) is 52.1 Å². The number of hydrogen-bond acceptors (Lipinski definition) is 1. The zero-order valence-corrected chi connectivity index (χ0v) is 9.64. The molecule has 0 aromatic carbocycles. The van der Waals surface area contributed by atoms with E-state index in [0.717, 1.165) is 31.3 Å². The molecule has 0 spiro atoms. The zero-order valence-electron chi connectivity index (χ0n) is 9.64. The molecular formula is C13H22O. The lowest BCUT2D eigenvalue weighted by molar-refractivity contribution is 0.0402. The van der Waals surface area contributed by atoms with Crippen LogP contribution in [0.15, 0.2) is 23.8 Å². The van der Waals surface area contributed by atoms with E-state index in [2.05, 4.69) is 26.5 Å². The molecule has 1 rings (SSSR count). The second-order valence-corrected chi connectivity index (χ2v) is 4.65. The summed E-state index contributed by atoms with van der Waals surface area (Å²) >= 11 is 0. The van der Waals surface area contributed by atoms with Crippen molar-refractivity contribution in [2.75, 3.05) is 0 Å². The third-order valence-corrected chi connectivity index (χ3v) is 3.39. The molecule has 0 saturated carbocycles. The Morgan fingerprint density at radius 2 is 2.36 bits per heavy atom. The van der Waals surface area contributed by atoms with Crippen LogP contribution >= 0.6 is 0 Å². The summed E-state index contributed by atoms with van der Waals surface area (Å²) in [7, 11) is 0. The molecule has 0 bridgehead atoms. The van der Waals surface area contributed by atoms with E-state index in [9.17, 15) is 5.11 Å². The third-order valence-electron chi connectivity index (χ3n) is 3.39. The van der Waals surface area contributed by atoms with Gasteiger partial charge in [0.2, 0.25) is 0 Å². The zero-order chi connectivity index (χ0) is 10.8. The molecule has 1 heteroatoms. The molecule has 1 aliphatic carbocycles. The standard InChI is InChI=1S/C13H22O/c1-5-8-13(14)9-12(10(2)3)7-6-11(13)4/h6,12,14H,2,5,7-9H2,1,3-4H3. The molecule has 1 nitrogen and oxygen atoms in total. The van der Waals surface area contributed by atoms with Gasteiger partial charge in [0.1, 0.15) is 0 Å². The highest BCUT2D eigenvalue weighted by Gasteiger charge is 2.34. The first-order valence-electron chi connectivity index (χ1n) is 5.54. The Bertz CT molecular complexity index is 252. The van der Waals surface area contributed by atoms with Crippen LogP contribution in [0.25, 0.3) is 0 Å². The van der Waals surface area contributed by atoms with Crippen molar-refractivity contribution in [1.29, 1.82) is 0 Å². The molecule has 2 unspecified atom stereocenters. The molecule has 14 heavy (non-hydrogen) atoms. The molecule has 0 heterocycles. The van der Waals surface area contributed by atoms with E-state index in [4.69, 9.17) is 0 Å². The molecule has 0 amide bonds. The SMILES string of the molecule is C=C(C)C1CC=C(C)C(O)(CCC)C1. The molecule has 0 fully saturated rings. The molecule has 1 aliphatic rings. The minimum absolute atomic E-state index is 0.468. The number of rotatable bonds is 3. The Kier molecular flexibility index (Phi) is 3.54. The maximum absolute atomic E-state index is 10.4. The Morgan fingerprint density at radius 3 is 2.86 bits per heavy atom. The summed E-state index contributed by atoms with van der Waals surface area (Å²) in [5.74, 6) is 0.468. The van der Waals surface area contributed by atoms with Crippen molar-refractivity contribution in [1.82, 2.24) is 0 Å². The minimum atomic E-state index is -0.559. The predicted molar refractivity (Wildman–Crippen MR) is 61.2 cm³/mol. The third kappa shape index (κ3) is 2.27. The highest BCUT2D eigenvalue weighted by molar-refractivity contribution is 5.21. The van der Waals surface area contributed by atoms with E-state index >= 15 is 0 Å². The summed E-state index contributed by atoms with van der Waals surface area (Å²) in [6.45, 7) is 10.2. The van der Waals surface area contributed by atoms with Gasteiger partial charge < -0.3 is 5.11 Å². The van der Waals surface area contributed by atoms with Crippen LogP contribution in [0.4, 0.5) is 0 Å². The maximum Gasteiger partial charge on any atom is 0.0859 e. The Labute approximate surface area is 87.5 Å². The van der Waals surface area contributed by atoms with E-state index in [1.54, 1.807) is 0 Å². The van der Waals surface area contributed by atoms with Gasteiger partial charge in [0, 0.05) is 0 Å². The van der Waals surface area contributed by atoms with Gasteiger partial charge in [0.15, 0.2) is 0 Å². The van der Waals surface area contributed by atoms with Crippen LogP contribution in [0.1, 0.15) is 46.5 Å². The lowest BCUT2D eigenvalue weighted by Gasteiger charge is -2.37. The van der Waals surface area contributed by atoms with E-state index in [1.807, 2.05) is 6.92 Å². The lowest BCUT2D eigenvalue weighted by Crippen LogP contribution is -2.35. The highest BCUT2D eigenvalue weighted by atomic mass is 16.3. The fourth-order valence-electron chi connectivity index (χ4n) is 2.25. The molecule has 80 valence electrons. The molecule has 0 aromatic rings. The van der Waals surface area contributed by atoms with Crippen LogP contribution in [0, 0.1) is 5.92 Å². The molecule has 0 saturated heterocycles. The summed E-state index contributed by atoms with van der Waals surface area (Å²) in [4.78, 5) is 0. The normalized spacial score (nSPS) is 32.6. The smallest absolute Gasteiger partial charge is 0.0859 e. The van der Waals surface area contributed by atoms with Crippen molar-refractivity contribution in [2.24, 2.45) is 5.92 Å². The summed E-state index contributed by atoms with van der Waals surface area (Å²) in [5, 5.41) is 10.4. The highest BCUT2D eigenvalue weighted by Crippen LogP contribution is 2.38. The Balaban J connectivity index is 2.80. The van der Waals surface area contributed by atoms with Crippen molar-refractivity contribution in [3.05, 3.63) is 23.8 Å². The van der Waals surface area contributed by atoms with Gasteiger partial charge in [0.25, 0.3) is 0 Å². The molecule has 1 N–H and O–H groups in total. The maximum atomic E-state index is 10.4. The van der Waals surface area contributed by atoms with E-state index in [0.29, 0.717) is 5.92 Å². The topological polar surface area (TPSA) is 20.2 Å². The van der Waals surface area contributed by atoms with E-state index in [-0.39, 0.29) is 0 Å². The first-order valence-corrected chi connectivity index (χ1v) is 5.54. The van der Waals surface area contributed by atoms with Crippen LogP contribution in [0.2, 0.25) is 0 Å². The van der Waals surface area contributed by atoms with Crippen molar-refractivity contribution >= 4 is 0 Å². The van der Waals surface area contributed by atoms with Crippen molar-refractivity contribution in [3.63, 3.8) is 0 Å². The monoisotopic (exact) mass is 194 g/mol. The van der Waals surface area contributed by atoms with Gasteiger partial charge in [-0.05, 0) is 44.6 Å². The average molecular weight is 194 g/mol. The van der Waals surface area contributed by atoms with Crippen LogP contribution in [-0.2, 0) is 0 Å². The Hall–Kier alpha value is -0.560. The van der Waals surface area contributed by atoms with Gasteiger partial charge >= 0.3 is 0 Å². The van der Waals surface area contributed by atoms with E-state index < -0.39 is 5.60 Å². The van der Waals surface area contributed by atoms with Crippen molar-refractivity contribution < 1.29 is 5.11 Å². The quantitative estimate of drug-likeness (QED) is 0.682. The number of hydrogen-bond donors (Lipinski definition) is 1. The Morgan fingerprint density at radius 1 is 1.71 bits per heavy atom. The summed E-state index contributed by atoms with van der Waals surface area (Å²) < 4.78 is 0. The minimum Gasteiger partial charge on any atom is -0.386 e. The molecule has 0 aromatic heterocycles. The molecule has 2 atom stereocenters. The van der Waals surface area contributed by atoms with Gasteiger partial charge in [-0.3, -0.25) is 0 Å². The fraction of sp³-hybridized carbons (Fsp3) is 0.692. The summed E-state index contributed by atoms with van der Waals surface area (Å²) in [5.41, 5.74) is 1.79. The van der Waals surface area contributed by atoms with Gasteiger partial charge in [0.05, 0.1) is 5.60 Å². The van der Waals surface area contributed by atoms with Crippen LogP contribution in [0.5, 0.6) is 0 Å². The van der Waals surface area contributed by atoms with Gasteiger partial charge in [-0.25, -0.2) is 0 Å². The van der Waals surface area contributed by atoms with Crippen LogP contribution in [0.3, 0.4) is 0 Å². The van der Waals surface area contributed by atoms with Crippen LogP contribution in [-0.4, -0.2) is 10.7 Å². The largest absolute Gasteiger partial charge is 0.386 e. The summed E-state index contributed by atoms with van der Waals surface area (Å²) in [6, 6.07) is 0. The number of allylic oxidation sites excluding steroid dienone is 2. The second kappa shape index (κ2) is 4.31. The predicted octanol–water partition coefficient (Wildman–Crippen LogP) is 3.45. The number of aliphatic hydroxyl groups is 1. The molecule has 0 aliphatic heterocycles. The summed E-state index contributed by atoms with van der Waals surface area (Å²) in [6.07, 6.45) is 5.99. The lowest BCUT2D eigenvalue weighted by atomic mass is 9.74. The average Bonchev–Trinajstić information content (AvgIpc) is 2.10. The van der Waals surface area contributed by atoms with Crippen molar-refractivity contribution in [3.8, 4) is 0 Å². The molecule has 0 radical (unpaired) electrons. The van der Waals surface area contributed by atoms with Crippen LogP contribution < -0.4 is 0 Å². The van der Waals surface area contributed by atoms with Gasteiger partial charge in [-0.2, -0.15) is 0 Å². The molecular weight excluding hydrogens is 172 g/mol. The van der Waals surface area contributed by atoms with Gasteiger partial charge in [-0.1, -0.05) is 31.6 Å². The van der Waals surface area contributed by atoms with E-state index in [1.165, 1.54) is 5.57 Å². The van der Waals surface area contributed by atoms with Gasteiger partial charge in [-0.15, -0.1) is 0 Å². The second-order valence-electron chi connectivity index (χ2n) is 4.65. The fourth-order valence-corrected chi connectivity index (χ4v) is 2.25. The first-order chi connectivity index (χ1) is 6.49.